The third-order valence-corrected chi connectivity index (χ3v) is 3.30. The molecule has 0 aliphatic heterocycles. The molecule has 3 atom stereocenters. The zero-order valence-corrected chi connectivity index (χ0v) is 8.39. The van der Waals surface area contributed by atoms with E-state index in [1.54, 1.807) is 0 Å². The first kappa shape index (κ1) is 10.2. The normalized spacial score (nSPS) is 33.5. The summed E-state index contributed by atoms with van der Waals surface area (Å²) in [4.78, 5) is 21.4. The SMILES string of the molecule is O=C(O)/C=C/C(=O)O[C@@H]1C[C@@H]2CC[C@H]1C2. The molecule has 0 heterocycles. The minimum atomic E-state index is -1.13. The van der Waals surface area contributed by atoms with Gasteiger partial charge in [-0.2, -0.15) is 0 Å². The third-order valence-electron chi connectivity index (χ3n) is 3.30. The van der Waals surface area contributed by atoms with Gasteiger partial charge in [-0.05, 0) is 37.5 Å². The predicted octanol–water partition coefficient (Wildman–Crippen LogP) is 1.36. The van der Waals surface area contributed by atoms with Crippen LogP contribution in [0.5, 0.6) is 0 Å². The van der Waals surface area contributed by atoms with Crippen LogP contribution in [0.1, 0.15) is 25.7 Å². The topological polar surface area (TPSA) is 63.6 Å². The summed E-state index contributed by atoms with van der Waals surface area (Å²) < 4.78 is 5.21. The molecule has 0 radical (unpaired) electrons. The number of carbonyl (C=O) groups is 2. The van der Waals surface area contributed by atoms with Gasteiger partial charge in [0.15, 0.2) is 0 Å². The first-order chi connectivity index (χ1) is 7.15. The molecule has 82 valence electrons. The summed E-state index contributed by atoms with van der Waals surface area (Å²) in [5.74, 6) is -0.428. The maximum absolute atomic E-state index is 11.2. The first-order valence-corrected chi connectivity index (χ1v) is 5.27. The maximum Gasteiger partial charge on any atom is 0.331 e. The fourth-order valence-electron chi connectivity index (χ4n) is 2.66. The highest BCUT2D eigenvalue weighted by Gasteiger charge is 2.41. The standard InChI is InChI=1S/C11H14O4/c12-10(13)3-4-11(14)15-9-6-7-1-2-8(9)5-7/h3-4,7-9H,1-2,5-6H2,(H,12,13)/b4-3+/t7-,8+,9-/m1/s1. The van der Waals surface area contributed by atoms with E-state index >= 15 is 0 Å². The van der Waals surface area contributed by atoms with Gasteiger partial charge in [0, 0.05) is 12.2 Å². The number of hydrogen-bond donors (Lipinski definition) is 1. The van der Waals surface area contributed by atoms with E-state index in [0.29, 0.717) is 5.92 Å². The summed E-state index contributed by atoms with van der Waals surface area (Å²) in [5, 5.41) is 8.33. The van der Waals surface area contributed by atoms with Crippen molar-refractivity contribution in [2.45, 2.75) is 31.8 Å². The molecule has 0 unspecified atom stereocenters. The maximum atomic E-state index is 11.2. The predicted molar refractivity (Wildman–Crippen MR) is 52.1 cm³/mol. The van der Waals surface area contributed by atoms with Crippen molar-refractivity contribution in [1.29, 1.82) is 0 Å². The highest BCUT2D eigenvalue weighted by molar-refractivity contribution is 5.90. The second-order valence-corrected chi connectivity index (χ2v) is 4.32. The average molecular weight is 210 g/mol. The quantitative estimate of drug-likeness (QED) is 0.564. The van der Waals surface area contributed by atoms with Crippen LogP contribution in [0.25, 0.3) is 0 Å². The van der Waals surface area contributed by atoms with Gasteiger partial charge in [-0.15, -0.1) is 0 Å². The third kappa shape index (κ3) is 2.37. The van der Waals surface area contributed by atoms with Crippen LogP contribution in [0.15, 0.2) is 12.2 Å². The van der Waals surface area contributed by atoms with Crippen molar-refractivity contribution in [3.05, 3.63) is 12.2 Å². The van der Waals surface area contributed by atoms with Crippen molar-refractivity contribution >= 4 is 11.9 Å². The van der Waals surface area contributed by atoms with Crippen LogP contribution in [-0.4, -0.2) is 23.1 Å². The summed E-state index contributed by atoms with van der Waals surface area (Å²) in [6, 6.07) is 0. The van der Waals surface area contributed by atoms with Crippen molar-refractivity contribution in [1.82, 2.24) is 0 Å². The zero-order chi connectivity index (χ0) is 10.8. The highest BCUT2D eigenvalue weighted by atomic mass is 16.5. The molecule has 2 aliphatic carbocycles. The number of hydrogen-bond acceptors (Lipinski definition) is 3. The largest absolute Gasteiger partial charge is 0.478 e. The Morgan fingerprint density at radius 2 is 2.00 bits per heavy atom. The number of esters is 1. The van der Waals surface area contributed by atoms with E-state index in [0.717, 1.165) is 30.9 Å². The van der Waals surface area contributed by atoms with Crippen LogP contribution >= 0.6 is 0 Å². The Labute approximate surface area is 87.9 Å². The lowest BCUT2D eigenvalue weighted by Crippen LogP contribution is -2.23. The monoisotopic (exact) mass is 210 g/mol. The molecule has 0 amide bonds. The molecule has 2 rings (SSSR count). The summed E-state index contributed by atoms with van der Waals surface area (Å²) in [7, 11) is 0. The molecular formula is C11H14O4. The van der Waals surface area contributed by atoms with Crippen LogP contribution in [0.2, 0.25) is 0 Å². The Bertz CT molecular complexity index is 308. The molecule has 1 N–H and O–H groups in total. The van der Waals surface area contributed by atoms with Gasteiger partial charge in [-0.3, -0.25) is 0 Å². The minimum Gasteiger partial charge on any atom is -0.478 e. The molecule has 0 spiro atoms. The van der Waals surface area contributed by atoms with Gasteiger partial charge in [0.05, 0.1) is 0 Å². The van der Waals surface area contributed by atoms with Gasteiger partial charge in [-0.25, -0.2) is 9.59 Å². The van der Waals surface area contributed by atoms with Gasteiger partial charge in [-0.1, -0.05) is 0 Å². The summed E-state index contributed by atoms with van der Waals surface area (Å²) in [5.41, 5.74) is 0. The Kier molecular flexibility index (Phi) is 2.75. The molecule has 4 nitrogen and oxygen atoms in total. The summed E-state index contributed by atoms with van der Waals surface area (Å²) in [6.07, 6.45) is 6.34. The molecule has 2 aliphatic rings. The van der Waals surface area contributed by atoms with Crippen LogP contribution in [0.4, 0.5) is 0 Å². The van der Waals surface area contributed by atoms with E-state index in [-0.39, 0.29) is 6.10 Å². The van der Waals surface area contributed by atoms with Gasteiger partial charge < -0.3 is 9.84 Å². The lowest BCUT2D eigenvalue weighted by molar-refractivity contribution is -0.145. The molecule has 15 heavy (non-hydrogen) atoms. The van der Waals surface area contributed by atoms with Crippen LogP contribution in [0.3, 0.4) is 0 Å². The zero-order valence-electron chi connectivity index (χ0n) is 8.39. The first-order valence-electron chi connectivity index (χ1n) is 5.27. The highest BCUT2D eigenvalue weighted by Crippen LogP contribution is 2.45. The Balaban J connectivity index is 1.82. The number of rotatable bonds is 3. The molecular weight excluding hydrogens is 196 g/mol. The van der Waals surface area contributed by atoms with E-state index in [1.807, 2.05) is 0 Å². The summed E-state index contributed by atoms with van der Waals surface area (Å²) in [6.45, 7) is 0. The van der Waals surface area contributed by atoms with E-state index in [2.05, 4.69) is 0 Å². The number of ether oxygens (including phenoxy) is 1. The number of aliphatic carboxylic acids is 1. The molecule has 2 saturated carbocycles. The molecule has 0 aromatic heterocycles. The van der Waals surface area contributed by atoms with Gasteiger partial charge in [0.25, 0.3) is 0 Å². The van der Waals surface area contributed by atoms with Crippen LogP contribution in [-0.2, 0) is 14.3 Å². The van der Waals surface area contributed by atoms with Crippen molar-refractivity contribution in [3.63, 3.8) is 0 Å². The lowest BCUT2D eigenvalue weighted by Gasteiger charge is -2.20. The second-order valence-electron chi connectivity index (χ2n) is 4.32. The van der Waals surface area contributed by atoms with E-state index in [4.69, 9.17) is 9.84 Å². The van der Waals surface area contributed by atoms with Gasteiger partial charge >= 0.3 is 11.9 Å². The minimum absolute atomic E-state index is 0.0229. The van der Waals surface area contributed by atoms with Gasteiger partial charge in [0.2, 0.25) is 0 Å². The van der Waals surface area contributed by atoms with Crippen molar-refractivity contribution in [2.24, 2.45) is 11.8 Å². The lowest BCUT2D eigenvalue weighted by atomic mass is 9.98. The van der Waals surface area contributed by atoms with Crippen molar-refractivity contribution in [2.75, 3.05) is 0 Å². The smallest absolute Gasteiger partial charge is 0.331 e. The summed E-state index contributed by atoms with van der Waals surface area (Å²) >= 11 is 0. The molecule has 2 bridgehead atoms. The molecule has 2 fully saturated rings. The van der Waals surface area contributed by atoms with Crippen LogP contribution < -0.4 is 0 Å². The van der Waals surface area contributed by atoms with E-state index in [1.165, 1.54) is 12.8 Å². The molecule has 4 heteroatoms. The Hall–Kier alpha value is -1.32. The molecule has 0 aromatic rings. The van der Waals surface area contributed by atoms with E-state index < -0.39 is 11.9 Å². The number of carboxylic acids is 1. The van der Waals surface area contributed by atoms with Gasteiger partial charge in [0.1, 0.15) is 6.10 Å². The fourth-order valence-corrected chi connectivity index (χ4v) is 2.66. The van der Waals surface area contributed by atoms with Crippen molar-refractivity contribution < 1.29 is 19.4 Å². The number of carboxylic acid groups (broad SMARTS) is 1. The average Bonchev–Trinajstić information content (AvgIpc) is 2.76. The molecule has 0 saturated heterocycles. The Morgan fingerprint density at radius 1 is 1.20 bits per heavy atom. The Morgan fingerprint density at radius 3 is 2.53 bits per heavy atom. The van der Waals surface area contributed by atoms with E-state index in [9.17, 15) is 9.59 Å². The van der Waals surface area contributed by atoms with Crippen molar-refractivity contribution in [3.8, 4) is 0 Å². The van der Waals surface area contributed by atoms with Crippen LogP contribution in [0, 0.1) is 11.8 Å². The fraction of sp³-hybridized carbons (Fsp3) is 0.636. The molecule has 0 aromatic carbocycles. The number of carbonyl (C=O) groups excluding carboxylic acids is 1. The second kappa shape index (κ2) is 4.04. The number of fused-ring (bicyclic) bond motifs is 2.